The van der Waals surface area contributed by atoms with Gasteiger partial charge in [-0.25, -0.2) is 9.97 Å². The second-order valence-electron chi connectivity index (χ2n) is 5.85. The van der Waals surface area contributed by atoms with E-state index in [4.69, 9.17) is 11.6 Å². The number of hydrogen-bond acceptors (Lipinski definition) is 7. The van der Waals surface area contributed by atoms with E-state index >= 15 is 0 Å². The Bertz CT molecular complexity index is 781. The van der Waals surface area contributed by atoms with E-state index in [1.54, 1.807) is 6.07 Å². The summed E-state index contributed by atoms with van der Waals surface area (Å²) in [6.45, 7) is 4.01. The first-order chi connectivity index (χ1) is 11.8. The standard InChI is InChI=1S/C16H19ClN6O2/c1-10(2)16-19-14(8-15(20-16)22(3)4)21-18-9-11-7-12(23(24)25)5-6-13(11)17/h5-10H,1-4H3,(H,19,20,21). The van der Waals surface area contributed by atoms with Gasteiger partial charge in [-0.05, 0) is 6.07 Å². The summed E-state index contributed by atoms with van der Waals surface area (Å²) in [4.78, 5) is 21.1. The second-order valence-corrected chi connectivity index (χ2v) is 6.26. The van der Waals surface area contributed by atoms with Crippen LogP contribution >= 0.6 is 11.6 Å². The van der Waals surface area contributed by atoms with Crippen LogP contribution in [-0.4, -0.2) is 35.2 Å². The highest BCUT2D eigenvalue weighted by molar-refractivity contribution is 6.33. The first-order valence-corrected chi connectivity index (χ1v) is 7.95. The molecule has 2 aromatic rings. The molecule has 0 aliphatic rings. The zero-order valence-corrected chi connectivity index (χ0v) is 15.2. The molecule has 9 heteroatoms. The fourth-order valence-electron chi connectivity index (χ4n) is 1.91. The number of non-ortho nitro benzene ring substituents is 1. The third-order valence-electron chi connectivity index (χ3n) is 3.28. The van der Waals surface area contributed by atoms with Crippen molar-refractivity contribution in [2.24, 2.45) is 5.10 Å². The summed E-state index contributed by atoms with van der Waals surface area (Å²) in [6.07, 6.45) is 1.42. The Morgan fingerprint density at radius 1 is 1.32 bits per heavy atom. The monoisotopic (exact) mass is 362 g/mol. The van der Waals surface area contributed by atoms with Crippen molar-refractivity contribution >= 4 is 35.1 Å². The van der Waals surface area contributed by atoms with E-state index in [1.165, 1.54) is 24.4 Å². The van der Waals surface area contributed by atoms with Crippen LogP contribution in [0.2, 0.25) is 5.02 Å². The van der Waals surface area contributed by atoms with Gasteiger partial charge in [0.15, 0.2) is 5.82 Å². The molecule has 2 rings (SSSR count). The van der Waals surface area contributed by atoms with Crippen LogP contribution in [0.4, 0.5) is 17.3 Å². The van der Waals surface area contributed by atoms with Crippen LogP contribution in [0.5, 0.6) is 0 Å². The molecular formula is C16H19ClN6O2. The summed E-state index contributed by atoms with van der Waals surface area (Å²) in [7, 11) is 3.78. The Labute approximate surface area is 150 Å². The number of anilines is 2. The van der Waals surface area contributed by atoms with Crippen LogP contribution in [0.3, 0.4) is 0 Å². The first kappa shape index (κ1) is 18.6. The van der Waals surface area contributed by atoms with Crippen LogP contribution in [0, 0.1) is 10.1 Å². The van der Waals surface area contributed by atoms with Gasteiger partial charge in [-0.3, -0.25) is 15.5 Å². The largest absolute Gasteiger partial charge is 0.363 e. The predicted octanol–water partition coefficient (Wildman–Crippen LogP) is 3.67. The number of nitrogens with one attached hydrogen (secondary N) is 1. The lowest BCUT2D eigenvalue weighted by Gasteiger charge is -2.15. The van der Waals surface area contributed by atoms with E-state index in [-0.39, 0.29) is 11.6 Å². The minimum absolute atomic E-state index is 0.0510. The average molecular weight is 363 g/mol. The third-order valence-corrected chi connectivity index (χ3v) is 3.62. The van der Waals surface area contributed by atoms with Crippen molar-refractivity contribution < 1.29 is 4.92 Å². The maximum atomic E-state index is 10.8. The van der Waals surface area contributed by atoms with E-state index in [0.29, 0.717) is 22.2 Å². The van der Waals surface area contributed by atoms with Crippen molar-refractivity contribution in [3.63, 3.8) is 0 Å². The highest BCUT2D eigenvalue weighted by Gasteiger charge is 2.10. The molecule has 25 heavy (non-hydrogen) atoms. The number of benzene rings is 1. The summed E-state index contributed by atoms with van der Waals surface area (Å²) in [6, 6.07) is 5.93. The average Bonchev–Trinajstić information content (AvgIpc) is 2.56. The number of hydrazone groups is 1. The molecule has 0 fully saturated rings. The van der Waals surface area contributed by atoms with Gasteiger partial charge in [-0.2, -0.15) is 5.10 Å². The number of hydrogen-bond donors (Lipinski definition) is 1. The number of aromatic nitrogens is 2. The van der Waals surface area contributed by atoms with E-state index in [2.05, 4.69) is 20.5 Å². The molecular weight excluding hydrogens is 344 g/mol. The smallest absolute Gasteiger partial charge is 0.270 e. The minimum atomic E-state index is -0.482. The predicted molar refractivity (Wildman–Crippen MR) is 99.8 cm³/mol. The summed E-state index contributed by atoms with van der Waals surface area (Å²) in [5.74, 6) is 2.14. The quantitative estimate of drug-likeness (QED) is 0.478. The van der Waals surface area contributed by atoms with Crippen molar-refractivity contribution in [3.8, 4) is 0 Å². The number of nitrogens with zero attached hydrogens (tertiary/aromatic N) is 5. The van der Waals surface area contributed by atoms with Gasteiger partial charge in [0.2, 0.25) is 0 Å². The Kier molecular flexibility index (Phi) is 5.87. The third kappa shape index (κ3) is 4.87. The van der Waals surface area contributed by atoms with Crippen LogP contribution in [0.1, 0.15) is 31.2 Å². The van der Waals surface area contributed by atoms with Crippen LogP contribution < -0.4 is 10.3 Å². The van der Waals surface area contributed by atoms with E-state index in [1.807, 2.05) is 32.8 Å². The molecule has 0 saturated heterocycles. The second kappa shape index (κ2) is 7.89. The van der Waals surface area contributed by atoms with Crippen LogP contribution in [0.25, 0.3) is 0 Å². The van der Waals surface area contributed by atoms with Gasteiger partial charge < -0.3 is 4.90 Å². The van der Waals surface area contributed by atoms with E-state index in [9.17, 15) is 10.1 Å². The van der Waals surface area contributed by atoms with E-state index < -0.39 is 4.92 Å². The molecule has 1 heterocycles. The van der Waals surface area contributed by atoms with Crippen molar-refractivity contribution in [1.82, 2.24) is 9.97 Å². The van der Waals surface area contributed by atoms with Crippen LogP contribution in [0.15, 0.2) is 29.4 Å². The SMILES string of the molecule is CC(C)c1nc(NN=Cc2cc([N+](=O)[O-])ccc2Cl)cc(N(C)C)n1. The maximum absolute atomic E-state index is 10.8. The highest BCUT2D eigenvalue weighted by atomic mass is 35.5. The Balaban J connectivity index is 2.25. The molecule has 1 aromatic heterocycles. The molecule has 0 radical (unpaired) electrons. The fraction of sp³-hybridized carbons (Fsp3) is 0.312. The summed E-state index contributed by atoms with van der Waals surface area (Å²) < 4.78 is 0. The lowest BCUT2D eigenvalue weighted by Crippen LogP contribution is -2.13. The summed E-state index contributed by atoms with van der Waals surface area (Å²) in [5.41, 5.74) is 3.21. The molecule has 0 bridgehead atoms. The van der Waals surface area contributed by atoms with Crippen molar-refractivity contribution in [1.29, 1.82) is 0 Å². The van der Waals surface area contributed by atoms with Gasteiger partial charge in [0.1, 0.15) is 11.6 Å². The Morgan fingerprint density at radius 2 is 2.04 bits per heavy atom. The summed E-state index contributed by atoms with van der Waals surface area (Å²) >= 11 is 6.04. The van der Waals surface area contributed by atoms with Gasteiger partial charge in [0.05, 0.1) is 11.1 Å². The molecule has 8 nitrogen and oxygen atoms in total. The highest BCUT2D eigenvalue weighted by Crippen LogP contribution is 2.21. The van der Waals surface area contributed by atoms with Crippen molar-refractivity contribution in [2.45, 2.75) is 19.8 Å². The lowest BCUT2D eigenvalue weighted by atomic mass is 10.2. The molecule has 0 spiro atoms. The van der Waals surface area contributed by atoms with Gasteiger partial charge >= 0.3 is 0 Å². The molecule has 0 saturated carbocycles. The molecule has 0 aliphatic carbocycles. The molecule has 132 valence electrons. The minimum Gasteiger partial charge on any atom is -0.363 e. The van der Waals surface area contributed by atoms with Gasteiger partial charge in [0, 0.05) is 48.8 Å². The molecule has 0 unspecified atom stereocenters. The number of rotatable bonds is 6. The Hall–Kier alpha value is -2.74. The maximum Gasteiger partial charge on any atom is 0.270 e. The Morgan fingerprint density at radius 3 is 2.64 bits per heavy atom. The molecule has 0 aliphatic heterocycles. The summed E-state index contributed by atoms with van der Waals surface area (Å²) in [5, 5.41) is 15.3. The normalized spacial score (nSPS) is 11.1. The zero-order valence-electron chi connectivity index (χ0n) is 14.4. The lowest BCUT2D eigenvalue weighted by molar-refractivity contribution is -0.384. The zero-order chi connectivity index (χ0) is 18.6. The van der Waals surface area contributed by atoms with Crippen molar-refractivity contribution in [3.05, 3.63) is 50.8 Å². The number of nitro groups is 1. The fourth-order valence-corrected chi connectivity index (χ4v) is 2.08. The molecule has 0 atom stereocenters. The molecule has 1 aromatic carbocycles. The topological polar surface area (TPSA) is 96.5 Å². The van der Waals surface area contributed by atoms with Crippen LogP contribution in [-0.2, 0) is 0 Å². The van der Waals surface area contributed by atoms with Gasteiger partial charge in [-0.1, -0.05) is 25.4 Å². The van der Waals surface area contributed by atoms with Crippen molar-refractivity contribution in [2.75, 3.05) is 24.4 Å². The first-order valence-electron chi connectivity index (χ1n) is 7.57. The number of halogens is 1. The molecule has 0 amide bonds. The van der Waals surface area contributed by atoms with Gasteiger partial charge in [0.25, 0.3) is 5.69 Å². The van der Waals surface area contributed by atoms with E-state index in [0.717, 1.165) is 5.82 Å². The van der Waals surface area contributed by atoms with Gasteiger partial charge in [-0.15, -0.1) is 0 Å². The molecule has 1 N–H and O–H groups in total. The number of nitro benzene ring substituents is 1.